The summed E-state index contributed by atoms with van der Waals surface area (Å²) in [6.07, 6.45) is 1.03. The predicted molar refractivity (Wildman–Crippen MR) is 57.8 cm³/mol. The van der Waals surface area contributed by atoms with Crippen LogP contribution in [0.5, 0.6) is 0 Å². The molecule has 7 heteroatoms. The Hall–Kier alpha value is -0.210. The number of ether oxygens (including phenoxy) is 1. The molecule has 90 valence electrons. The lowest BCUT2D eigenvalue weighted by molar-refractivity contribution is 0.204. The highest BCUT2D eigenvalue weighted by Gasteiger charge is 2.17. The lowest BCUT2D eigenvalue weighted by Gasteiger charge is -2.11. The Morgan fingerprint density at radius 3 is 2.87 bits per heavy atom. The van der Waals surface area contributed by atoms with Crippen molar-refractivity contribution in [2.24, 2.45) is 5.92 Å². The van der Waals surface area contributed by atoms with E-state index in [1.807, 2.05) is 0 Å². The summed E-state index contributed by atoms with van der Waals surface area (Å²) >= 11 is 0. The van der Waals surface area contributed by atoms with Crippen molar-refractivity contribution in [1.29, 1.82) is 0 Å². The molecule has 15 heavy (non-hydrogen) atoms. The van der Waals surface area contributed by atoms with Crippen molar-refractivity contribution in [2.45, 2.75) is 6.42 Å². The Bertz CT molecular complexity index is 262. The Kier molecular flexibility index (Phi) is 5.48. The summed E-state index contributed by atoms with van der Waals surface area (Å²) in [6.45, 7) is 3.04. The molecule has 1 unspecified atom stereocenters. The van der Waals surface area contributed by atoms with Gasteiger partial charge in [-0.05, 0) is 25.4 Å². The fraction of sp³-hybridized carbons (Fsp3) is 1.00. The minimum atomic E-state index is -3.35. The fourth-order valence-electron chi connectivity index (χ4n) is 1.45. The highest BCUT2D eigenvalue weighted by molar-refractivity contribution is 7.87. The summed E-state index contributed by atoms with van der Waals surface area (Å²) < 4.78 is 32.4. The van der Waals surface area contributed by atoms with E-state index in [1.54, 1.807) is 0 Å². The second kappa shape index (κ2) is 6.39. The Labute approximate surface area is 90.9 Å². The molecule has 0 bridgehead atoms. The van der Waals surface area contributed by atoms with Crippen molar-refractivity contribution in [3.63, 3.8) is 0 Å². The molecular weight excluding hydrogens is 218 g/mol. The van der Waals surface area contributed by atoms with Crippen molar-refractivity contribution in [1.82, 2.24) is 14.8 Å². The largest absolute Gasteiger partial charge is 0.383 e. The first-order valence-electron chi connectivity index (χ1n) is 5.08. The Morgan fingerprint density at radius 2 is 2.27 bits per heavy atom. The molecule has 0 aromatic rings. The Morgan fingerprint density at radius 1 is 1.47 bits per heavy atom. The van der Waals surface area contributed by atoms with Crippen molar-refractivity contribution < 1.29 is 13.2 Å². The smallest absolute Gasteiger partial charge is 0.276 e. The molecule has 1 aliphatic heterocycles. The van der Waals surface area contributed by atoms with Crippen molar-refractivity contribution in [3.05, 3.63) is 0 Å². The molecule has 1 rings (SSSR count). The van der Waals surface area contributed by atoms with Crippen LogP contribution in [0.15, 0.2) is 0 Å². The summed E-state index contributed by atoms with van der Waals surface area (Å²) in [5.41, 5.74) is 0. The SMILES string of the molecule is COCCNS(=O)(=O)NCC1CCNC1. The van der Waals surface area contributed by atoms with E-state index in [4.69, 9.17) is 4.74 Å². The van der Waals surface area contributed by atoms with Crippen LogP contribution < -0.4 is 14.8 Å². The van der Waals surface area contributed by atoms with Gasteiger partial charge in [0.25, 0.3) is 10.2 Å². The molecule has 1 aliphatic rings. The van der Waals surface area contributed by atoms with E-state index in [0.717, 1.165) is 19.5 Å². The first kappa shape index (κ1) is 12.9. The van der Waals surface area contributed by atoms with Crippen LogP contribution in [0.2, 0.25) is 0 Å². The maximum atomic E-state index is 11.4. The summed E-state index contributed by atoms with van der Waals surface area (Å²) in [6, 6.07) is 0. The third-order valence-electron chi connectivity index (χ3n) is 2.32. The molecular formula is C8H19N3O3S. The zero-order valence-corrected chi connectivity index (χ0v) is 9.77. The molecule has 3 N–H and O–H groups in total. The lowest BCUT2D eigenvalue weighted by atomic mass is 10.1. The van der Waals surface area contributed by atoms with E-state index >= 15 is 0 Å². The average molecular weight is 237 g/mol. The van der Waals surface area contributed by atoms with Gasteiger partial charge in [0.05, 0.1) is 6.61 Å². The van der Waals surface area contributed by atoms with E-state index < -0.39 is 10.2 Å². The van der Waals surface area contributed by atoms with Crippen molar-refractivity contribution in [3.8, 4) is 0 Å². The van der Waals surface area contributed by atoms with Gasteiger partial charge in [0.2, 0.25) is 0 Å². The zero-order valence-electron chi connectivity index (χ0n) is 8.95. The molecule has 6 nitrogen and oxygen atoms in total. The van der Waals surface area contributed by atoms with Crippen LogP contribution in [-0.4, -0.2) is 48.3 Å². The molecule has 1 atom stereocenters. The minimum absolute atomic E-state index is 0.300. The summed E-state index contributed by atoms with van der Waals surface area (Å²) in [5, 5.41) is 3.19. The van der Waals surface area contributed by atoms with E-state index in [-0.39, 0.29) is 0 Å². The van der Waals surface area contributed by atoms with Gasteiger partial charge in [0.15, 0.2) is 0 Å². The number of methoxy groups -OCH3 is 1. The Balaban J connectivity index is 2.17. The highest BCUT2D eigenvalue weighted by atomic mass is 32.2. The average Bonchev–Trinajstić information content (AvgIpc) is 2.68. The predicted octanol–water partition coefficient (Wildman–Crippen LogP) is -1.33. The first-order chi connectivity index (χ1) is 7.14. The monoisotopic (exact) mass is 237 g/mol. The van der Waals surface area contributed by atoms with E-state index in [0.29, 0.717) is 25.6 Å². The molecule has 0 aromatic carbocycles. The standard InChI is InChI=1S/C8H19N3O3S/c1-14-5-4-10-15(12,13)11-7-8-2-3-9-6-8/h8-11H,2-7H2,1H3. The topological polar surface area (TPSA) is 79.5 Å². The molecule has 0 aromatic heterocycles. The van der Waals surface area contributed by atoms with Gasteiger partial charge in [-0.1, -0.05) is 0 Å². The van der Waals surface area contributed by atoms with Crippen LogP contribution in [0.25, 0.3) is 0 Å². The zero-order chi connectivity index (χ0) is 11.1. The van der Waals surface area contributed by atoms with E-state index in [1.165, 1.54) is 7.11 Å². The van der Waals surface area contributed by atoms with Crippen LogP contribution in [0.3, 0.4) is 0 Å². The summed E-state index contributed by atoms with van der Waals surface area (Å²) in [5.74, 6) is 0.406. The van der Waals surface area contributed by atoms with Crippen molar-refractivity contribution in [2.75, 3.05) is 39.9 Å². The number of hydrogen-bond donors (Lipinski definition) is 3. The van der Waals surface area contributed by atoms with Crippen LogP contribution in [0.1, 0.15) is 6.42 Å². The first-order valence-corrected chi connectivity index (χ1v) is 6.56. The van der Waals surface area contributed by atoms with Gasteiger partial charge >= 0.3 is 0 Å². The van der Waals surface area contributed by atoms with Gasteiger partial charge in [0.1, 0.15) is 0 Å². The molecule has 0 amide bonds. The van der Waals surface area contributed by atoms with Gasteiger partial charge in [0, 0.05) is 20.2 Å². The molecule has 1 saturated heterocycles. The van der Waals surface area contributed by atoms with Gasteiger partial charge in [-0.2, -0.15) is 13.1 Å². The highest BCUT2D eigenvalue weighted by Crippen LogP contribution is 2.05. The molecule has 0 aliphatic carbocycles. The number of rotatable bonds is 7. The number of hydrogen-bond acceptors (Lipinski definition) is 4. The van der Waals surface area contributed by atoms with E-state index in [9.17, 15) is 8.42 Å². The molecule has 1 fully saturated rings. The number of nitrogens with one attached hydrogen (secondary N) is 3. The van der Waals surface area contributed by atoms with Gasteiger partial charge < -0.3 is 10.1 Å². The molecule has 1 heterocycles. The molecule has 0 spiro atoms. The van der Waals surface area contributed by atoms with E-state index in [2.05, 4.69) is 14.8 Å². The lowest BCUT2D eigenvalue weighted by Crippen LogP contribution is -2.40. The summed E-state index contributed by atoms with van der Waals surface area (Å²) in [4.78, 5) is 0. The maximum Gasteiger partial charge on any atom is 0.276 e. The molecule has 0 saturated carbocycles. The third-order valence-corrected chi connectivity index (χ3v) is 3.45. The third kappa shape index (κ3) is 5.43. The van der Waals surface area contributed by atoms with Crippen LogP contribution in [-0.2, 0) is 14.9 Å². The maximum absolute atomic E-state index is 11.4. The fourth-order valence-corrected chi connectivity index (χ4v) is 2.35. The second-order valence-electron chi connectivity index (χ2n) is 3.60. The normalized spacial score (nSPS) is 22.1. The van der Waals surface area contributed by atoms with Crippen molar-refractivity contribution >= 4 is 10.2 Å². The second-order valence-corrected chi connectivity index (χ2v) is 5.18. The quantitative estimate of drug-likeness (QED) is 0.479. The van der Waals surface area contributed by atoms with Crippen LogP contribution in [0, 0.1) is 5.92 Å². The van der Waals surface area contributed by atoms with Crippen LogP contribution in [0.4, 0.5) is 0 Å². The minimum Gasteiger partial charge on any atom is -0.383 e. The van der Waals surface area contributed by atoms with Gasteiger partial charge in [-0.25, -0.2) is 4.72 Å². The van der Waals surface area contributed by atoms with Gasteiger partial charge in [-0.15, -0.1) is 0 Å². The van der Waals surface area contributed by atoms with Gasteiger partial charge in [-0.3, -0.25) is 0 Å². The molecule has 0 radical (unpaired) electrons. The van der Waals surface area contributed by atoms with Crippen LogP contribution >= 0.6 is 0 Å². The summed E-state index contributed by atoms with van der Waals surface area (Å²) in [7, 11) is -1.82.